The number of carbonyl (C=O) groups is 2. The Labute approximate surface area is 129 Å². The van der Waals surface area contributed by atoms with Crippen LogP contribution in [0.2, 0.25) is 5.02 Å². The molecule has 0 aliphatic carbocycles. The van der Waals surface area contributed by atoms with Gasteiger partial charge in [0.15, 0.2) is 0 Å². The molecule has 1 aromatic carbocycles. The third kappa shape index (κ3) is 3.16. The standard InChI is InChI=1S/C14H13ClFNO3S/c1-7(14(19)20)6-17(2)13(18)12-11(15)9-4-3-8(16)5-10(9)21-12/h3-5,7H,6H2,1-2H3,(H,19,20). The molecule has 1 N–H and O–H groups in total. The SMILES string of the molecule is CC(CN(C)C(=O)c1sc2cc(F)ccc2c1Cl)C(=O)O. The number of thiophene rings is 1. The lowest BCUT2D eigenvalue weighted by atomic mass is 10.1. The Hall–Kier alpha value is -1.66. The van der Waals surface area contributed by atoms with E-state index in [0.29, 0.717) is 10.1 Å². The third-order valence-electron chi connectivity index (χ3n) is 3.10. The van der Waals surface area contributed by atoms with E-state index in [-0.39, 0.29) is 22.4 Å². The number of carboxylic acid groups (broad SMARTS) is 1. The number of fused-ring (bicyclic) bond motifs is 1. The minimum atomic E-state index is -0.973. The number of carbonyl (C=O) groups excluding carboxylic acids is 1. The fraction of sp³-hybridized carbons (Fsp3) is 0.286. The van der Waals surface area contributed by atoms with Crippen LogP contribution in [-0.2, 0) is 4.79 Å². The van der Waals surface area contributed by atoms with Crippen molar-refractivity contribution >= 4 is 44.9 Å². The number of rotatable bonds is 4. The van der Waals surface area contributed by atoms with E-state index in [1.54, 1.807) is 0 Å². The number of hydrogen-bond donors (Lipinski definition) is 1. The molecule has 4 nitrogen and oxygen atoms in total. The maximum atomic E-state index is 13.2. The van der Waals surface area contributed by atoms with Crippen LogP contribution in [-0.4, -0.2) is 35.5 Å². The van der Waals surface area contributed by atoms with Gasteiger partial charge in [-0.2, -0.15) is 0 Å². The molecule has 0 saturated carbocycles. The van der Waals surface area contributed by atoms with Gasteiger partial charge in [-0.05, 0) is 18.2 Å². The van der Waals surface area contributed by atoms with Crippen molar-refractivity contribution in [2.45, 2.75) is 6.92 Å². The fourth-order valence-electron chi connectivity index (χ4n) is 1.92. The first-order valence-electron chi connectivity index (χ1n) is 6.17. The number of aliphatic carboxylic acids is 1. The van der Waals surface area contributed by atoms with Crippen LogP contribution in [0.25, 0.3) is 10.1 Å². The van der Waals surface area contributed by atoms with Crippen molar-refractivity contribution in [1.29, 1.82) is 0 Å². The van der Waals surface area contributed by atoms with Crippen LogP contribution in [0.1, 0.15) is 16.6 Å². The first kappa shape index (κ1) is 15.7. The molecule has 2 rings (SSSR count). The van der Waals surface area contributed by atoms with Crippen molar-refractivity contribution in [3.8, 4) is 0 Å². The largest absolute Gasteiger partial charge is 0.481 e. The van der Waals surface area contributed by atoms with Crippen LogP contribution in [0.4, 0.5) is 4.39 Å². The fourth-order valence-corrected chi connectivity index (χ4v) is 3.45. The molecule has 2 aromatic rings. The molecule has 1 unspecified atom stereocenters. The molecule has 1 atom stereocenters. The maximum absolute atomic E-state index is 13.2. The molecule has 21 heavy (non-hydrogen) atoms. The van der Waals surface area contributed by atoms with Crippen LogP contribution >= 0.6 is 22.9 Å². The number of hydrogen-bond acceptors (Lipinski definition) is 3. The first-order chi connectivity index (χ1) is 9.81. The Kier molecular flexibility index (Phi) is 4.49. The molecule has 112 valence electrons. The molecule has 0 spiro atoms. The zero-order valence-corrected chi connectivity index (χ0v) is 13.0. The molecular weight excluding hydrogens is 317 g/mol. The van der Waals surface area contributed by atoms with E-state index in [9.17, 15) is 14.0 Å². The monoisotopic (exact) mass is 329 g/mol. The molecule has 1 heterocycles. The second-order valence-corrected chi connectivity index (χ2v) is 6.24. The quantitative estimate of drug-likeness (QED) is 0.934. The summed E-state index contributed by atoms with van der Waals surface area (Å²) < 4.78 is 13.8. The highest BCUT2D eigenvalue weighted by Crippen LogP contribution is 2.36. The summed E-state index contributed by atoms with van der Waals surface area (Å²) in [4.78, 5) is 24.8. The van der Waals surface area contributed by atoms with Gasteiger partial charge < -0.3 is 10.0 Å². The number of carboxylic acids is 1. The Bertz CT molecular complexity index is 716. The topological polar surface area (TPSA) is 57.6 Å². The summed E-state index contributed by atoms with van der Waals surface area (Å²) >= 11 is 7.27. The highest BCUT2D eigenvalue weighted by molar-refractivity contribution is 7.21. The summed E-state index contributed by atoms with van der Waals surface area (Å²) in [5.41, 5.74) is 0. The molecule has 0 aliphatic heterocycles. The Balaban J connectivity index is 2.31. The van der Waals surface area contributed by atoms with Gasteiger partial charge in [-0.15, -0.1) is 11.3 Å². The van der Waals surface area contributed by atoms with E-state index in [1.807, 2.05) is 0 Å². The van der Waals surface area contributed by atoms with Gasteiger partial charge in [0.05, 0.1) is 10.9 Å². The van der Waals surface area contributed by atoms with Crippen molar-refractivity contribution in [3.05, 3.63) is 33.9 Å². The van der Waals surface area contributed by atoms with Crippen LogP contribution in [0, 0.1) is 11.7 Å². The molecule has 0 bridgehead atoms. The normalized spacial score (nSPS) is 12.4. The smallest absolute Gasteiger partial charge is 0.308 e. The zero-order chi connectivity index (χ0) is 15.7. The lowest BCUT2D eigenvalue weighted by Gasteiger charge is -2.18. The van der Waals surface area contributed by atoms with Gasteiger partial charge in [0.1, 0.15) is 10.7 Å². The van der Waals surface area contributed by atoms with Crippen molar-refractivity contribution in [1.82, 2.24) is 4.90 Å². The molecular formula is C14H13ClFNO3S. The Morgan fingerprint density at radius 2 is 2.14 bits per heavy atom. The second-order valence-electron chi connectivity index (χ2n) is 4.81. The summed E-state index contributed by atoms with van der Waals surface area (Å²) in [6, 6.07) is 4.13. The Morgan fingerprint density at radius 1 is 1.48 bits per heavy atom. The van der Waals surface area contributed by atoms with Crippen LogP contribution in [0.15, 0.2) is 18.2 Å². The zero-order valence-electron chi connectivity index (χ0n) is 11.4. The number of benzene rings is 1. The van der Waals surface area contributed by atoms with E-state index < -0.39 is 17.7 Å². The summed E-state index contributed by atoms with van der Waals surface area (Å²) in [7, 11) is 1.52. The molecule has 1 amide bonds. The van der Waals surface area contributed by atoms with Crippen LogP contribution < -0.4 is 0 Å². The average Bonchev–Trinajstić information content (AvgIpc) is 2.74. The average molecular weight is 330 g/mol. The van der Waals surface area contributed by atoms with Crippen molar-refractivity contribution in [3.63, 3.8) is 0 Å². The molecule has 7 heteroatoms. The predicted octanol–water partition coefficient (Wildman–Crippen LogP) is 3.49. The Morgan fingerprint density at radius 3 is 2.76 bits per heavy atom. The summed E-state index contributed by atoms with van der Waals surface area (Å²) in [6.45, 7) is 1.60. The van der Waals surface area contributed by atoms with Crippen molar-refractivity contribution in [2.75, 3.05) is 13.6 Å². The highest BCUT2D eigenvalue weighted by Gasteiger charge is 2.23. The minimum Gasteiger partial charge on any atom is -0.481 e. The minimum absolute atomic E-state index is 0.0765. The van der Waals surface area contributed by atoms with E-state index >= 15 is 0 Å². The highest BCUT2D eigenvalue weighted by atomic mass is 35.5. The summed E-state index contributed by atoms with van der Waals surface area (Å²) in [6.07, 6.45) is 0. The van der Waals surface area contributed by atoms with Crippen molar-refractivity contribution < 1.29 is 19.1 Å². The van der Waals surface area contributed by atoms with Crippen molar-refractivity contribution in [2.24, 2.45) is 5.92 Å². The van der Waals surface area contributed by atoms with E-state index in [1.165, 1.54) is 37.1 Å². The van der Waals surface area contributed by atoms with Gasteiger partial charge >= 0.3 is 5.97 Å². The van der Waals surface area contributed by atoms with Crippen LogP contribution in [0.5, 0.6) is 0 Å². The number of amides is 1. The van der Waals surface area contributed by atoms with Gasteiger partial charge in [0, 0.05) is 23.7 Å². The van der Waals surface area contributed by atoms with E-state index in [2.05, 4.69) is 0 Å². The van der Waals surface area contributed by atoms with Crippen LogP contribution in [0.3, 0.4) is 0 Å². The number of halogens is 2. The van der Waals surface area contributed by atoms with Gasteiger partial charge in [-0.1, -0.05) is 18.5 Å². The van der Waals surface area contributed by atoms with E-state index in [0.717, 1.165) is 11.3 Å². The third-order valence-corrected chi connectivity index (χ3v) is 4.75. The lowest BCUT2D eigenvalue weighted by molar-refractivity contribution is -0.141. The molecule has 1 aromatic heterocycles. The van der Waals surface area contributed by atoms with Gasteiger partial charge in [-0.3, -0.25) is 9.59 Å². The first-order valence-corrected chi connectivity index (χ1v) is 7.36. The molecule has 0 aliphatic rings. The molecule has 0 fully saturated rings. The van der Waals surface area contributed by atoms with Gasteiger partial charge in [-0.25, -0.2) is 4.39 Å². The predicted molar refractivity (Wildman–Crippen MR) is 80.6 cm³/mol. The summed E-state index contributed by atoms with van der Waals surface area (Å²) in [5.74, 6) is -2.41. The lowest BCUT2D eigenvalue weighted by Crippen LogP contribution is -2.33. The summed E-state index contributed by atoms with van der Waals surface area (Å²) in [5, 5.41) is 9.77. The van der Waals surface area contributed by atoms with Gasteiger partial charge in [0.25, 0.3) is 5.91 Å². The number of nitrogens with zero attached hydrogens (tertiary/aromatic N) is 1. The molecule has 0 radical (unpaired) electrons. The van der Waals surface area contributed by atoms with E-state index in [4.69, 9.17) is 16.7 Å². The van der Waals surface area contributed by atoms with Gasteiger partial charge in [0.2, 0.25) is 0 Å². The maximum Gasteiger partial charge on any atom is 0.308 e. The second kappa shape index (κ2) is 5.99. The molecule has 0 saturated heterocycles.